The molecule has 0 aromatic carbocycles. The van der Waals surface area contributed by atoms with Gasteiger partial charge in [0.1, 0.15) is 0 Å². The highest BCUT2D eigenvalue weighted by atomic mass is 32.1. The zero-order valence-electron chi connectivity index (χ0n) is 13.3. The van der Waals surface area contributed by atoms with E-state index in [-0.39, 0.29) is 24.7 Å². The lowest BCUT2D eigenvalue weighted by Crippen LogP contribution is -2.48. The summed E-state index contributed by atoms with van der Waals surface area (Å²) < 4.78 is 4.56. The normalized spacial score (nSPS) is 14.7. The number of ether oxygens (including phenoxy) is 1. The maximum Gasteiger partial charge on any atom is 0.306 e. The van der Waals surface area contributed by atoms with Crippen molar-refractivity contribution in [1.82, 2.24) is 15.1 Å². The van der Waals surface area contributed by atoms with E-state index in [0.29, 0.717) is 13.1 Å². The van der Waals surface area contributed by atoms with Crippen LogP contribution in [-0.4, -0.2) is 60.3 Å². The third kappa shape index (κ3) is 3.90. The number of nitrogens with zero attached hydrogens (tertiary/aromatic N) is 4. The SMILES string of the molecule is COC(=O)CCC(=O)N1CCN(c2nnc(-c3cccs3)s2)CC1. The van der Waals surface area contributed by atoms with Crippen molar-refractivity contribution in [2.75, 3.05) is 38.2 Å². The van der Waals surface area contributed by atoms with Gasteiger partial charge in [0.25, 0.3) is 0 Å². The number of esters is 1. The molecule has 0 radical (unpaired) electrons. The van der Waals surface area contributed by atoms with Gasteiger partial charge in [-0.05, 0) is 11.4 Å². The fraction of sp³-hybridized carbons (Fsp3) is 0.467. The Morgan fingerprint density at radius 2 is 2.00 bits per heavy atom. The minimum Gasteiger partial charge on any atom is -0.469 e. The van der Waals surface area contributed by atoms with Crippen molar-refractivity contribution in [3.63, 3.8) is 0 Å². The average molecular weight is 366 g/mol. The van der Waals surface area contributed by atoms with Gasteiger partial charge >= 0.3 is 5.97 Å². The van der Waals surface area contributed by atoms with Gasteiger partial charge in [0.2, 0.25) is 11.0 Å². The van der Waals surface area contributed by atoms with Crippen LogP contribution in [0.2, 0.25) is 0 Å². The van der Waals surface area contributed by atoms with Gasteiger partial charge < -0.3 is 14.5 Å². The van der Waals surface area contributed by atoms with E-state index in [1.807, 2.05) is 17.5 Å². The van der Waals surface area contributed by atoms with E-state index in [1.165, 1.54) is 7.11 Å². The van der Waals surface area contributed by atoms with Gasteiger partial charge in [-0.1, -0.05) is 17.4 Å². The highest BCUT2D eigenvalue weighted by molar-refractivity contribution is 7.22. The molecule has 2 aromatic heterocycles. The third-order valence-electron chi connectivity index (χ3n) is 3.82. The number of aromatic nitrogens is 2. The molecule has 128 valence electrons. The lowest BCUT2D eigenvalue weighted by atomic mass is 10.2. The number of methoxy groups -OCH3 is 1. The maximum absolute atomic E-state index is 12.1. The van der Waals surface area contributed by atoms with Crippen molar-refractivity contribution >= 4 is 39.7 Å². The van der Waals surface area contributed by atoms with Gasteiger partial charge in [0.05, 0.1) is 18.4 Å². The molecule has 0 saturated carbocycles. The largest absolute Gasteiger partial charge is 0.469 e. The Kier molecular flexibility index (Phi) is 5.41. The summed E-state index contributed by atoms with van der Waals surface area (Å²) in [5.41, 5.74) is 0. The second-order valence-electron chi connectivity index (χ2n) is 5.31. The quantitative estimate of drug-likeness (QED) is 0.752. The van der Waals surface area contributed by atoms with E-state index < -0.39 is 0 Å². The number of anilines is 1. The van der Waals surface area contributed by atoms with Crippen LogP contribution in [0.1, 0.15) is 12.8 Å². The van der Waals surface area contributed by atoms with Crippen LogP contribution >= 0.6 is 22.7 Å². The first-order valence-corrected chi connectivity index (χ1v) is 9.34. The van der Waals surface area contributed by atoms with Crippen LogP contribution in [0.5, 0.6) is 0 Å². The summed E-state index contributed by atoms with van der Waals surface area (Å²) in [5, 5.41) is 12.4. The highest BCUT2D eigenvalue weighted by Gasteiger charge is 2.23. The molecule has 2 aromatic rings. The number of piperazine rings is 1. The van der Waals surface area contributed by atoms with E-state index in [0.717, 1.165) is 28.1 Å². The lowest BCUT2D eigenvalue weighted by molar-refractivity contribution is -0.143. The van der Waals surface area contributed by atoms with E-state index >= 15 is 0 Å². The van der Waals surface area contributed by atoms with Crippen molar-refractivity contribution in [1.29, 1.82) is 0 Å². The molecular formula is C15H18N4O3S2. The molecule has 0 bridgehead atoms. The summed E-state index contributed by atoms with van der Waals surface area (Å²) in [5.74, 6) is -0.353. The summed E-state index contributed by atoms with van der Waals surface area (Å²) >= 11 is 3.22. The smallest absolute Gasteiger partial charge is 0.306 e. The maximum atomic E-state index is 12.1. The predicted molar refractivity (Wildman–Crippen MR) is 93.3 cm³/mol. The van der Waals surface area contributed by atoms with Crippen LogP contribution in [0.3, 0.4) is 0 Å². The fourth-order valence-electron chi connectivity index (χ4n) is 2.46. The third-order valence-corrected chi connectivity index (χ3v) is 5.84. The number of amides is 1. The summed E-state index contributed by atoms with van der Waals surface area (Å²) in [6.07, 6.45) is 0.337. The van der Waals surface area contributed by atoms with Crippen LogP contribution in [0.25, 0.3) is 9.88 Å². The van der Waals surface area contributed by atoms with E-state index in [9.17, 15) is 9.59 Å². The molecule has 3 heterocycles. The molecule has 1 aliphatic heterocycles. The monoisotopic (exact) mass is 366 g/mol. The van der Waals surface area contributed by atoms with Gasteiger partial charge in [-0.25, -0.2) is 0 Å². The number of hydrogen-bond donors (Lipinski definition) is 0. The fourth-order valence-corrected chi connectivity index (χ4v) is 4.15. The van der Waals surface area contributed by atoms with Gasteiger partial charge in [-0.3, -0.25) is 9.59 Å². The van der Waals surface area contributed by atoms with Crippen LogP contribution in [0.15, 0.2) is 17.5 Å². The molecule has 0 unspecified atom stereocenters. The van der Waals surface area contributed by atoms with Crippen LogP contribution in [0, 0.1) is 0 Å². The molecule has 1 amide bonds. The van der Waals surface area contributed by atoms with Crippen LogP contribution < -0.4 is 4.90 Å². The van der Waals surface area contributed by atoms with Gasteiger partial charge in [-0.15, -0.1) is 21.5 Å². The molecular weight excluding hydrogens is 348 g/mol. The molecule has 1 aliphatic rings. The first-order chi connectivity index (χ1) is 11.7. The Morgan fingerprint density at radius 1 is 1.21 bits per heavy atom. The molecule has 0 spiro atoms. The average Bonchev–Trinajstić information content (AvgIpc) is 3.30. The second kappa shape index (κ2) is 7.71. The standard InChI is InChI=1S/C15H18N4O3S2/c1-22-13(21)5-4-12(20)18-6-8-19(9-7-18)15-17-16-14(24-15)11-3-2-10-23-11/h2-3,10H,4-9H2,1H3. The van der Waals surface area contributed by atoms with Gasteiger partial charge in [0.15, 0.2) is 5.01 Å². The predicted octanol–water partition coefficient (Wildman–Crippen LogP) is 1.87. The summed E-state index contributed by atoms with van der Waals surface area (Å²) in [4.78, 5) is 28.3. The second-order valence-corrected chi connectivity index (χ2v) is 7.21. The zero-order valence-corrected chi connectivity index (χ0v) is 14.9. The minimum atomic E-state index is -0.350. The molecule has 9 heteroatoms. The van der Waals surface area contributed by atoms with E-state index in [2.05, 4.69) is 19.8 Å². The molecule has 1 saturated heterocycles. The molecule has 24 heavy (non-hydrogen) atoms. The molecule has 1 fully saturated rings. The molecule has 0 N–H and O–H groups in total. The van der Waals surface area contributed by atoms with Crippen molar-refractivity contribution < 1.29 is 14.3 Å². The Labute approximate surface area is 147 Å². The number of carbonyl (C=O) groups excluding carboxylic acids is 2. The number of carbonyl (C=O) groups is 2. The topological polar surface area (TPSA) is 75.6 Å². The summed E-state index contributed by atoms with van der Waals surface area (Å²) in [7, 11) is 1.33. The minimum absolute atomic E-state index is 0.00316. The summed E-state index contributed by atoms with van der Waals surface area (Å²) in [6, 6.07) is 4.03. The first-order valence-electron chi connectivity index (χ1n) is 7.64. The molecule has 3 rings (SSSR count). The van der Waals surface area contributed by atoms with E-state index in [1.54, 1.807) is 27.6 Å². The number of rotatable bonds is 5. The number of thiophene rings is 1. The Morgan fingerprint density at radius 3 is 2.67 bits per heavy atom. The van der Waals surface area contributed by atoms with Crippen molar-refractivity contribution in [2.24, 2.45) is 0 Å². The molecule has 0 aliphatic carbocycles. The Balaban J connectivity index is 1.52. The van der Waals surface area contributed by atoms with Crippen molar-refractivity contribution in [2.45, 2.75) is 12.8 Å². The van der Waals surface area contributed by atoms with Crippen molar-refractivity contribution in [3.05, 3.63) is 17.5 Å². The Bertz CT molecular complexity index is 693. The Hall–Kier alpha value is -2.00. The van der Waals surface area contributed by atoms with Gasteiger partial charge in [0, 0.05) is 32.6 Å². The van der Waals surface area contributed by atoms with Crippen molar-refractivity contribution in [3.8, 4) is 9.88 Å². The van der Waals surface area contributed by atoms with Gasteiger partial charge in [-0.2, -0.15) is 0 Å². The summed E-state index contributed by atoms with van der Waals surface area (Å²) in [6.45, 7) is 2.72. The molecule has 7 nitrogen and oxygen atoms in total. The lowest BCUT2D eigenvalue weighted by Gasteiger charge is -2.34. The van der Waals surface area contributed by atoms with Crippen LogP contribution in [-0.2, 0) is 14.3 Å². The zero-order chi connectivity index (χ0) is 16.9. The first kappa shape index (κ1) is 16.8. The highest BCUT2D eigenvalue weighted by Crippen LogP contribution is 2.31. The molecule has 0 atom stereocenters. The van der Waals surface area contributed by atoms with E-state index in [4.69, 9.17) is 0 Å². The van der Waals surface area contributed by atoms with Crippen LogP contribution in [0.4, 0.5) is 5.13 Å². The number of hydrogen-bond acceptors (Lipinski definition) is 8.